The second kappa shape index (κ2) is 5.40. The lowest BCUT2D eigenvalue weighted by molar-refractivity contribution is -0.386. The molecule has 6 nitrogen and oxygen atoms in total. The molecule has 0 unspecified atom stereocenters. The molecule has 102 valence electrons. The molecule has 0 heterocycles. The minimum atomic E-state index is -0.895. The van der Waals surface area contributed by atoms with Gasteiger partial charge < -0.3 is 10.2 Å². The summed E-state index contributed by atoms with van der Waals surface area (Å²) in [5.41, 5.74) is -0.292. The van der Waals surface area contributed by atoms with Crippen molar-refractivity contribution < 1.29 is 19.9 Å². The smallest absolute Gasteiger partial charge is 0.325 e. The van der Waals surface area contributed by atoms with Crippen LogP contribution in [-0.4, -0.2) is 20.9 Å². The molecule has 0 atom stereocenters. The Morgan fingerprint density at radius 1 is 1.10 bits per heavy atom. The number of aromatic hydroxyl groups is 2. The van der Waals surface area contributed by atoms with Crippen LogP contribution in [0.15, 0.2) is 42.5 Å². The molecular formula is C14H11NO5. The van der Waals surface area contributed by atoms with Gasteiger partial charge in [0.25, 0.3) is 0 Å². The van der Waals surface area contributed by atoms with E-state index in [2.05, 4.69) is 0 Å². The summed E-state index contributed by atoms with van der Waals surface area (Å²) in [5, 5.41) is 29.7. The number of phenolic OH excluding ortho intramolecular Hbond substituents is 2. The number of ketones is 1. The molecule has 2 aromatic rings. The number of nitrogens with zero attached hydrogens (tertiary/aromatic N) is 1. The van der Waals surface area contributed by atoms with Crippen molar-refractivity contribution in [1.82, 2.24) is 0 Å². The highest BCUT2D eigenvalue weighted by Gasteiger charge is 2.27. The molecule has 20 heavy (non-hydrogen) atoms. The van der Waals surface area contributed by atoms with E-state index >= 15 is 0 Å². The third kappa shape index (κ3) is 2.59. The van der Waals surface area contributed by atoms with Crippen molar-refractivity contribution >= 4 is 11.5 Å². The summed E-state index contributed by atoms with van der Waals surface area (Å²) >= 11 is 0. The Balaban J connectivity index is 2.40. The molecule has 0 aliphatic heterocycles. The third-order valence-electron chi connectivity index (χ3n) is 2.82. The van der Waals surface area contributed by atoms with Crippen molar-refractivity contribution in [3.8, 4) is 11.5 Å². The highest BCUT2D eigenvalue weighted by atomic mass is 16.6. The molecule has 0 bridgehead atoms. The number of hydrogen-bond donors (Lipinski definition) is 2. The summed E-state index contributed by atoms with van der Waals surface area (Å²) < 4.78 is 0. The van der Waals surface area contributed by atoms with Crippen molar-refractivity contribution in [2.24, 2.45) is 0 Å². The fourth-order valence-electron chi connectivity index (χ4n) is 1.86. The number of rotatable bonds is 4. The van der Waals surface area contributed by atoms with Crippen LogP contribution in [0.25, 0.3) is 0 Å². The van der Waals surface area contributed by atoms with Crippen LogP contribution in [0.4, 0.5) is 5.69 Å². The maximum Gasteiger partial charge on any atom is 0.325 e. The van der Waals surface area contributed by atoms with Gasteiger partial charge in [0.2, 0.25) is 5.75 Å². The molecule has 0 aliphatic rings. The van der Waals surface area contributed by atoms with Gasteiger partial charge in [0.1, 0.15) is 0 Å². The zero-order valence-electron chi connectivity index (χ0n) is 10.3. The molecule has 0 saturated heterocycles. The average molecular weight is 273 g/mol. The SMILES string of the molecule is O=C(Cc1ccccc1)c1ccc(O)c(O)c1[N+](=O)[O-]. The molecular weight excluding hydrogens is 262 g/mol. The average Bonchev–Trinajstić information content (AvgIpc) is 2.42. The Kier molecular flexibility index (Phi) is 3.65. The van der Waals surface area contributed by atoms with Gasteiger partial charge in [-0.3, -0.25) is 14.9 Å². The first-order valence-electron chi connectivity index (χ1n) is 5.77. The standard InChI is InChI=1S/C14H11NO5/c16-11-7-6-10(13(14(11)18)15(19)20)12(17)8-9-4-2-1-3-5-9/h1-7,16,18H,8H2. The van der Waals surface area contributed by atoms with Gasteiger partial charge in [-0.1, -0.05) is 30.3 Å². The van der Waals surface area contributed by atoms with Crippen molar-refractivity contribution in [2.45, 2.75) is 6.42 Å². The van der Waals surface area contributed by atoms with Gasteiger partial charge in [0.05, 0.1) is 10.5 Å². The molecule has 2 aromatic carbocycles. The van der Waals surface area contributed by atoms with E-state index in [1.165, 1.54) is 0 Å². The quantitative estimate of drug-likeness (QED) is 0.385. The Morgan fingerprint density at radius 3 is 2.35 bits per heavy atom. The van der Waals surface area contributed by atoms with Gasteiger partial charge in [0.15, 0.2) is 11.5 Å². The number of hydrogen-bond acceptors (Lipinski definition) is 5. The van der Waals surface area contributed by atoms with Crippen molar-refractivity contribution in [1.29, 1.82) is 0 Å². The van der Waals surface area contributed by atoms with Gasteiger partial charge in [-0.25, -0.2) is 0 Å². The van der Waals surface area contributed by atoms with Crippen LogP contribution in [0.2, 0.25) is 0 Å². The van der Waals surface area contributed by atoms with E-state index in [1.54, 1.807) is 30.3 Å². The van der Waals surface area contributed by atoms with E-state index in [1.807, 2.05) is 0 Å². The van der Waals surface area contributed by atoms with E-state index in [4.69, 9.17) is 0 Å². The summed E-state index contributed by atoms with van der Waals surface area (Å²) in [6.07, 6.45) is -0.0219. The van der Waals surface area contributed by atoms with Crippen LogP contribution in [0.5, 0.6) is 11.5 Å². The van der Waals surface area contributed by atoms with Crippen LogP contribution < -0.4 is 0 Å². The number of phenols is 2. The zero-order valence-corrected chi connectivity index (χ0v) is 10.3. The third-order valence-corrected chi connectivity index (χ3v) is 2.82. The van der Waals surface area contributed by atoms with Gasteiger partial charge in [-0.2, -0.15) is 0 Å². The fourth-order valence-corrected chi connectivity index (χ4v) is 1.86. The Morgan fingerprint density at radius 2 is 1.75 bits per heavy atom. The molecule has 2 rings (SSSR count). The Bertz CT molecular complexity index is 667. The van der Waals surface area contributed by atoms with Gasteiger partial charge in [-0.15, -0.1) is 0 Å². The second-order valence-electron chi connectivity index (χ2n) is 4.17. The van der Waals surface area contributed by atoms with Gasteiger partial charge >= 0.3 is 5.69 Å². The number of Topliss-reactive ketones (excluding diaryl/α,β-unsaturated/α-hetero) is 1. The first-order chi connectivity index (χ1) is 9.50. The van der Waals surface area contributed by atoms with Gasteiger partial charge in [0, 0.05) is 6.42 Å². The van der Waals surface area contributed by atoms with Crippen molar-refractivity contribution in [2.75, 3.05) is 0 Å². The normalized spacial score (nSPS) is 10.2. The maximum atomic E-state index is 12.1. The summed E-state index contributed by atoms with van der Waals surface area (Å²) in [5.74, 6) is -2.03. The number of carbonyl (C=O) groups excluding carboxylic acids is 1. The number of benzene rings is 2. The lowest BCUT2D eigenvalue weighted by atomic mass is 10.0. The molecule has 0 aromatic heterocycles. The van der Waals surface area contributed by atoms with Crippen LogP contribution in [0.3, 0.4) is 0 Å². The van der Waals surface area contributed by atoms with Crippen LogP contribution in [-0.2, 0) is 6.42 Å². The summed E-state index contributed by atoms with van der Waals surface area (Å²) in [7, 11) is 0. The Labute approximate surface area is 114 Å². The number of carbonyl (C=O) groups is 1. The van der Waals surface area contributed by atoms with Crippen LogP contribution >= 0.6 is 0 Å². The lowest BCUT2D eigenvalue weighted by Crippen LogP contribution is -2.07. The predicted molar refractivity (Wildman–Crippen MR) is 70.9 cm³/mol. The molecule has 6 heteroatoms. The monoisotopic (exact) mass is 273 g/mol. The molecule has 0 spiro atoms. The van der Waals surface area contributed by atoms with Crippen molar-refractivity contribution in [3.05, 3.63) is 63.7 Å². The van der Waals surface area contributed by atoms with E-state index in [-0.39, 0.29) is 12.0 Å². The minimum Gasteiger partial charge on any atom is -0.504 e. The van der Waals surface area contributed by atoms with E-state index < -0.39 is 27.9 Å². The molecule has 0 saturated carbocycles. The second-order valence-corrected chi connectivity index (χ2v) is 4.17. The summed E-state index contributed by atoms with van der Waals surface area (Å²) in [4.78, 5) is 22.2. The predicted octanol–water partition coefficient (Wildman–Crippen LogP) is 2.43. The minimum absolute atomic E-state index is 0.0219. The van der Waals surface area contributed by atoms with E-state index in [9.17, 15) is 25.1 Å². The number of nitro benzene ring substituents is 1. The molecule has 0 amide bonds. The summed E-state index contributed by atoms with van der Waals surface area (Å²) in [6.45, 7) is 0. The lowest BCUT2D eigenvalue weighted by Gasteiger charge is -2.05. The first kappa shape index (κ1) is 13.5. The number of nitro groups is 1. The first-order valence-corrected chi connectivity index (χ1v) is 5.77. The topological polar surface area (TPSA) is 101 Å². The maximum absolute atomic E-state index is 12.1. The van der Waals surface area contributed by atoms with E-state index in [0.29, 0.717) is 5.56 Å². The molecule has 0 radical (unpaired) electrons. The molecule has 2 N–H and O–H groups in total. The van der Waals surface area contributed by atoms with Crippen molar-refractivity contribution in [3.63, 3.8) is 0 Å². The summed E-state index contributed by atoms with van der Waals surface area (Å²) in [6, 6.07) is 11.0. The Hall–Kier alpha value is -2.89. The zero-order chi connectivity index (χ0) is 14.7. The molecule has 0 aliphatic carbocycles. The largest absolute Gasteiger partial charge is 0.504 e. The van der Waals surface area contributed by atoms with E-state index in [0.717, 1.165) is 12.1 Å². The highest BCUT2D eigenvalue weighted by Crippen LogP contribution is 2.38. The van der Waals surface area contributed by atoms with Gasteiger partial charge in [-0.05, 0) is 17.7 Å². The fraction of sp³-hybridized carbons (Fsp3) is 0.0714. The van der Waals surface area contributed by atoms with Crippen LogP contribution in [0.1, 0.15) is 15.9 Å². The highest BCUT2D eigenvalue weighted by molar-refractivity contribution is 6.02. The molecule has 0 fully saturated rings. The van der Waals surface area contributed by atoms with Crippen LogP contribution in [0, 0.1) is 10.1 Å².